The number of benzene rings is 9. The average Bonchev–Trinajstić information content (AvgIpc) is 3.71. The summed E-state index contributed by atoms with van der Waals surface area (Å²) in [6.45, 7) is 11.2. The highest BCUT2D eigenvalue weighted by Crippen LogP contribution is 2.48. The second-order valence-electron chi connectivity index (χ2n) is 18.9. The van der Waals surface area contributed by atoms with E-state index in [1.54, 1.807) is 0 Å². The van der Waals surface area contributed by atoms with Gasteiger partial charge >= 0.3 is 0 Å². The maximum Gasteiger partial charge on any atom is 0.134 e. The zero-order chi connectivity index (χ0) is 45.9. The SMILES string of the molecule is C=C/C(=C\C=C1\C=CC=CC1)C1=CC(/C=C/C=c2/ccc3cccc4ccc(C)c2c43)=CC2C(C)=C(/C(=C\C(C)c3ccc4ccc5cccc6ccc3c4c56)c3ccc4ccccc4c3)OC12. The summed E-state index contributed by atoms with van der Waals surface area (Å²) < 4.78 is 7.46. The molecule has 0 bridgehead atoms. The molecule has 0 amide bonds. The summed E-state index contributed by atoms with van der Waals surface area (Å²) in [4.78, 5) is 0. The Bertz CT molecular complexity index is 3870. The highest BCUT2D eigenvalue weighted by molar-refractivity contribution is 6.23. The minimum absolute atomic E-state index is 0.0111. The first-order valence-corrected chi connectivity index (χ1v) is 24.0. The van der Waals surface area contributed by atoms with Crippen molar-refractivity contribution < 1.29 is 4.74 Å². The van der Waals surface area contributed by atoms with E-state index in [0.29, 0.717) is 0 Å². The lowest BCUT2D eigenvalue weighted by atomic mass is 9.80. The van der Waals surface area contributed by atoms with Crippen LogP contribution in [0.1, 0.15) is 42.9 Å². The molecule has 9 aromatic rings. The molecule has 0 aromatic heterocycles. The third-order valence-electron chi connectivity index (χ3n) is 14.7. The Morgan fingerprint density at radius 2 is 1.35 bits per heavy atom. The summed E-state index contributed by atoms with van der Waals surface area (Å²) >= 11 is 0. The molecular weight excluding hydrogens is 821 g/mol. The van der Waals surface area contributed by atoms with Gasteiger partial charge in [0.25, 0.3) is 0 Å². The lowest BCUT2D eigenvalue weighted by molar-refractivity contribution is 0.167. The van der Waals surface area contributed by atoms with Crippen molar-refractivity contribution in [2.45, 2.75) is 39.2 Å². The zero-order valence-electron chi connectivity index (χ0n) is 38.8. The molecule has 68 heavy (non-hydrogen) atoms. The van der Waals surface area contributed by atoms with Crippen LogP contribution in [0.3, 0.4) is 0 Å². The predicted octanol–water partition coefficient (Wildman–Crippen LogP) is 17.0. The van der Waals surface area contributed by atoms with E-state index < -0.39 is 0 Å². The fraction of sp³-hybridized carbons (Fsp3) is 0.104. The van der Waals surface area contributed by atoms with E-state index in [-0.39, 0.29) is 17.9 Å². The summed E-state index contributed by atoms with van der Waals surface area (Å²) in [5, 5.41) is 16.7. The highest BCUT2D eigenvalue weighted by Gasteiger charge is 2.40. The third-order valence-corrected chi connectivity index (χ3v) is 14.7. The van der Waals surface area contributed by atoms with E-state index in [4.69, 9.17) is 4.74 Å². The fourth-order valence-electron chi connectivity index (χ4n) is 11.3. The average molecular weight is 873 g/mol. The Morgan fingerprint density at radius 1 is 0.676 bits per heavy atom. The molecule has 1 heterocycles. The van der Waals surface area contributed by atoms with Gasteiger partial charge in [-0.05, 0) is 141 Å². The molecule has 326 valence electrons. The van der Waals surface area contributed by atoms with Crippen LogP contribution >= 0.6 is 0 Å². The maximum atomic E-state index is 7.46. The standard InChI is InChI=1S/C67H52O/c1-5-47(27-25-45-14-7-6-8-15-45)61-40-46(16-11-19-49-29-30-51-21-12-20-50-26-24-42(2)62(49)63(50)51)39-59-44(4)66(68-67(59)61)60(56-33-28-48-17-9-10-18-55(48)41-56)38-43(3)57-36-34-54-32-31-52-22-13-23-53-35-37-58(57)65(54)64(52)53/h5-14,16-41,43,59,67H,1,15H2,2-4H3/b16-11+,45-25-,47-27+,49-19-,60-38-. The number of ether oxygens (including phenoxy) is 1. The minimum atomic E-state index is -0.225. The number of aryl methyl sites for hydroxylation is 1. The molecule has 0 saturated heterocycles. The Labute approximate surface area is 398 Å². The molecule has 2 aliphatic carbocycles. The van der Waals surface area contributed by atoms with Crippen LogP contribution < -0.4 is 5.22 Å². The van der Waals surface area contributed by atoms with Crippen molar-refractivity contribution in [1.82, 2.24) is 0 Å². The first-order valence-electron chi connectivity index (χ1n) is 24.0. The van der Waals surface area contributed by atoms with Crippen LogP contribution in [-0.4, -0.2) is 6.10 Å². The molecule has 3 aliphatic rings. The van der Waals surface area contributed by atoms with Crippen molar-refractivity contribution in [3.05, 3.63) is 275 Å². The number of allylic oxidation sites excluding steroid dienone is 14. The summed E-state index contributed by atoms with van der Waals surface area (Å²) in [7, 11) is 0. The molecule has 3 unspecified atom stereocenters. The van der Waals surface area contributed by atoms with Crippen molar-refractivity contribution >= 4 is 76.3 Å². The van der Waals surface area contributed by atoms with E-state index in [9.17, 15) is 0 Å². The summed E-state index contributed by atoms with van der Waals surface area (Å²) in [6, 6.07) is 51.5. The van der Waals surface area contributed by atoms with Gasteiger partial charge in [0.2, 0.25) is 0 Å². The topological polar surface area (TPSA) is 9.23 Å². The van der Waals surface area contributed by atoms with E-state index in [1.807, 2.05) is 6.08 Å². The normalized spacial score (nSPS) is 19.1. The molecule has 1 nitrogen and oxygen atoms in total. The Hall–Kier alpha value is -8.00. The molecule has 0 N–H and O–H groups in total. The molecule has 1 aliphatic heterocycles. The van der Waals surface area contributed by atoms with Crippen molar-refractivity contribution in [2.24, 2.45) is 5.92 Å². The van der Waals surface area contributed by atoms with Gasteiger partial charge in [0.1, 0.15) is 11.9 Å². The lowest BCUT2D eigenvalue weighted by Gasteiger charge is -2.27. The van der Waals surface area contributed by atoms with Crippen LogP contribution in [0.15, 0.2) is 253 Å². The Kier molecular flexibility index (Phi) is 10.4. The first kappa shape index (κ1) is 41.4. The Morgan fingerprint density at radius 3 is 2.12 bits per heavy atom. The second kappa shape index (κ2) is 17.0. The molecule has 0 saturated carbocycles. The van der Waals surface area contributed by atoms with E-state index in [1.165, 1.54) is 92.1 Å². The molecule has 0 radical (unpaired) electrons. The quantitative estimate of drug-likeness (QED) is 0.104. The zero-order valence-corrected chi connectivity index (χ0v) is 38.8. The van der Waals surface area contributed by atoms with Crippen molar-refractivity contribution in [3.63, 3.8) is 0 Å². The molecule has 0 fully saturated rings. The molecule has 1 heteroatoms. The van der Waals surface area contributed by atoms with Crippen LogP contribution in [0.4, 0.5) is 0 Å². The Balaban J connectivity index is 1.000. The van der Waals surface area contributed by atoms with E-state index in [2.05, 4.69) is 240 Å². The van der Waals surface area contributed by atoms with Gasteiger partial charge in [-0.15, -0.1) is 0 Å². The van der Waals surface area contributed by atoms with Crippen molar-refractivity contribution in [2.75, 3.05) is 0 Å². The summed E-state index contributed by atoms with van der Waals surface area (Å²) in [6.07, 6.45) is 29.7. The van der Waals surface area contributed by atoms with Crippen LogP contribution in [-0.2, 0) is 4.74 Å². The van der Waals surface area contributed by atoms with Gasteiger partial charge in [-0.1, -0.05) is 220 Å². The number of hydrogen-bond acceptors (Lipinski definition) is 1. The second-order valence-corrected chi connectivity index (χ2v) is 18.9. The highest BCUT2D eigenvalue weighted by atomic mass is 16.5. The summed E-state index contributed by atoms with van der Waals surface area (Å²) in [5.41, 5.74) is 10.7. The van der Waals surface area contributed by atoms with Gasteiger partial charge < -0.3 is 4.74 Å². The van der Waals surface area contributed by atoms with Crippen LogP contribution in [0.25, 0.3) is 76.3 Å². The monoisotopic (exact) mass is 872 g/mol. The minimum Gasteiger partial charge on any atom is -0.484 e. The molecule has 3 atom stereocenters. The maximum absolute atomic E-state index is 7.46. The number of fused-ring (bicyclic) bond motifs is 2. The number of hydrogen-bond donors (Lipinski definition) is 0. The van der Waals surface area contributed by atoms with Crippen LogP contribution in [0, 0.1) is 12.8 Å². The molecular formula is C67H52O. The lowest BCUT2D eigenvalue weighted by Crippen LogP contribution is -2.23. The van der Waals surface area contributed by atoms with Crippen molar-refractivity contribution in [1.29, 1.82) is 0 Å². The fourth-order valence-corrected chi connectivity index (χ4v) is 11.3. The van der Waals surface area contributed by atoms with E-state index >= 15 is 0 Å². The van der Waals surface area contributed by atoms with E-state index in [0.717, 1.165) is 40.0 Å². The first-order chi connectivity index (χ1) is 33.4. The van der Waals surface area contributed by atoms with Gasteiger partial charge in [0.05, 0.1) is 0 Å². The van der Waals surface area contributed by atoms with Crippen molar-refractivity contribution in [3.8, 4) is 0 Å². The third kappa shape index (κ3) is 7.18. The van der Waals surface area contributed by atoms with Gasteiger partial charge in [0, 0.05) is 23.0 Å². The predicted molar refractivity (Wildman–Crippen MR) is 292 cm³/mol. The summed E-state index contributed by atoms with van der Waals surface area (Å²) in [5.74, 6) is 1.04. The van der Waals surface area contributed by atoms with Gasteiger partial charge in [-0.25, -0.2) is 0 Å². The van der Waals surface area contributed by atoms with Crippen LogP contribution in [0.2, 0.25) is 0 Å². The van der Waals surface area contributed by atoms with Crippen LogP contribution in [0.5, 0.6) is 0 Å². The molecule has 0 spiro atoms. The molecule has 12 rings (SSSR count). The van der Waals surface area contributed by atoms with Gasteiger partial charge in [0.15, 0.2) is 0 Å². The van der Waals surface area contributed by atoms with Gasteiger partial charge in [-0.3, -0.25) is 0 Å². The molecule has 9 aromatic carbocycles. The number of rotatable bonds is 9. The van der Waals surface area contributed by atoms with Gasteiger partial charge in [-0.2, -0.15) is 0 Å². The smallest absolute Gasteiger partial charge is 0.134 e. The largest absolute Gasteiger partial charge is 0.484 e.